The van der Waals surface area contributed by atoms with E-state index in [1.807, 2.05) is 21.0 Å². The van der Waals surface area contributed by atoms with E-state index in [0.29, 0.717) is 17.7 Å². The number of nitrogens with one attached hydrogen (secondary N) is 1. The van der Waals surface area contributed by atoms with Gasteiger partial charge in [0, 0.05) is 20.6 Å². The molecule has 0 atom stereocenters. The number of aromatic nitrogens is 4. The second-order valence-electron chi connectivity index (χ2n) is 3.80. The van der Waals surface area contributed by atoms with Gasteiger partial charge in [-0.2, -0.15) is 4.98 Å². The van der Waals surface area contributed by atoms with Crippen molar-refractivity contribution in [1.29, 1.82) is 0 Å². The standard InChI is InChI=1S/C10H14N6O/c1-4-16-6-11-8-7(16)9(17)14-10(13-8)12-5-15(2)3/h5-6H,4H2,1-3H3,(H,13,14,17)/b12-5+. The summed E-state index contributed by atoms with van der Waals surface area (Å²) in [5.41, 5.74) is 0.679. The second kappa shape index (κ2) is 4.36. The van der Waals surface area contributed by atoms with Crippen molar-refractivity contribution in [2.75, 3.05) is 14.1 Å². The van der Waals surface area contributed by atoms with Gasteiger partial charge in [-0.25, -0.2) is 9.98 Å². The Hall–Kier alpha value is -2.18. The monoisotopic (exact) mass is 234 g/mol. The third-order valence-electron chi connectivity index (χ3n) is 2.22. The molecular weight excluding hydrogens is 220 g/mol. The minimum absolute atomic E-state index is 0.222. The Morgan fingerprint density at radius 2 is 2.35 bits per heavy atom. The zero-order valence-electron chi connectivity index (χ0n) is 10.0. The van der Waals surface area contributed by atoms with Crippen LogP contribution in [0, 0.1) is 0 Å². The Morgan fingerprint density at radius 3 is 3.00 bits per heavy atom. The van der Waals surface area contributed by atoms with Gasteiger partial charge < -0.3 is 9.47 Å². The molecule has 0 unspecified atom stereocenters. The van der Waals surface area contributed by atoms with Crippen LogP contribution in [0.3, 0.4) is 0 Å². The van der Waals surface area contributed by atoms with Gasteiger partial charge >= 0.3 is 0 Å². The zero-order valence-corrected chi connectivity index (χ0v) is 10.0. The molecule has 17 heavy (non-hydrogen) atoms. The summed E-state index contributed by atoms with van der Waals surface area (Å²) in [5.74, 6) is 0.262. The van der Waals surface area contributed by atoms with Crippen LogP contribution in [0.2, 0.25) is 0 Å². The highest BCUT2D eigenvalue weighted by Gasteiger charge is 2.08. The van der Waals surface area contributed by atoms with Crippen LogP contribution in [0.15, 0.2) is 16.1 Å². The lowest BCUT2D eigenvalue weighted by molar-refractivity contribution is 0.642. The number of aryl methyl sites for hydroxylation is 1. The maximum Gasteiger partial charge on any atom is 0.278 e. The summed E-state index contributed by atoms with van der Waals surface area (Å²) in [6.07, 6.45) is 3.17. The number of hydrogen-bond acceptors (Lipinski definition) is 4. The van der Waals surface area contributed by atoms with Crippen LogP contribution in [-0.2, 0) is 6.54 Å². The van der Waals surface area contributed by atoms with E-state index in [4.69, 9.17) is 0 Å². The predicted octanol–water partition coefficient (Wildman–Crippen LogP) is 0.361. The smallest absolute Gasteiger partial charge is 0.278 e. The van der Waals surface area contributed by atoms with Crippen molar-refractivity contribution >= 4 is 23.5 Å². The molecule has 0 aliphatic carbocycles. The normalized spacial score (nSPS) is 11.5. The van der Waals surface area contributed by atoms with E-state index in [9.17, 15) is 4.79 Å². The van der Waals surface area contributed by atoms with E-state index >= 15 is 0 Å². The molecule has 0 aliphatic heterocycles. The van der Waals surface area contributed by atoms with Crippen molar-refractivity contribution in [1.82, 2.24) is 24.4 Å². The Balaban J connectivity index is 2.54. The Morgan fingerprint density at radius 1 is 1.59 bits per heavy atom. The molecule has 0 fully saturated rings. The van der Waals surface area contributed by atoms with Crippen molar-refractivity contribution in [3.63, 3.8) is 0 Å². The van der Waals surface area contributed by atoms with Crippen LogP contribution >= 0.6 is 0 Å². The Labute approximate surface area is 97.8 Å². The number of nitrogens with zero attached hydrogens (tertiary/aromatic N) is 5. The molecule has 7 heteroatoms. The molecule has 0 radical (unpaired) electrons. The van der Waals surface area contributed by atoms with Crippen LogP contribution in [0.5, 0.6) is 0 Å². The summed E-state index contributed by atoms with van der Waals surface area (Å²) in [6.45, 7) is 2.63. The third kappa shape index (κ3) is 2.17. The van der Waals surface area contributed by atoms with Crippen molar-refractivity contribution in [3.8, 4) is 0 Å². The molecule has 90 valence electrons. The Kier molecular flexibility index (Phi) is 2.90. The number of aromatic amines is 1. The Bertz CT molecular complexity index is 609. The van der Waals surface area contributed by atoms with E-state index in [1.165, 1.54) is 0 Å². The van der Waals surface area contributed by atoms with E-state index in [-0.39, 0.29) is 11.5 Å². The highest BCUT2D eigenvalue weighted by molar-refractivity contribution is 5.71. The van der Waals surface area contributed by atoms with Gasteiger partial charge in [0.2, 0.25) is 5.95 Å². The largest absolute Gasteiger partial charge is 0.369 e. The summed E-state index contributed by atoms with van der Waals surface area (Å²) in [4.78, 5) is 28.5. The first-order valence-electron chi connectivity index (χ1n) is 5.27. The minimum atomic E-state index is -0.222. The summed E-state index contributed by atoms with van der Waals surface area (Å²) in [6, 6.07) is 0. The number of H-pyrrole nitrogens is 1. The molecular formula is C10H14N6O. The number of rotatable bonds is 3. The van der Waals surface area contributed by atoms with Gasteiger partial charge in [0.05, 0.1) is 12.7 Å². The summed E-state index contributed by atoms with van der Waals surface area (Å²) in [7, 11) is 3.68. The second-order valence-corrected chi connectivity index (χ2v) is 3.80. The summed E-state index contributed by atoms with van der Waals surface area (Å²) < 4.78 is 1.75. The van der Waals surface area contributed by atoms with Gasteiger partial charge in [0.15, 0.2) is 11.2 Å². The van der Waals surface area contributed by atoms with Crippen LogP contribution in [0.4, 0.5) is 5.95 Å². The first-order chi connectivity index (χ1) is 8.11. The fourth-order valence-electron chi connectivity index (χ4n) is 1.45. The topological polar surface area (TPSA) is 79.2 Å². The highest BCUT2D eigenvalue weighted by Crippen LogP contribution is 2.08. The van der Waals surface area contributed by atoms with Crippen molar-refractivity contribution < 1.29 is 0 Å². The quantitative estimate of drug-likeness (QED) is 0.614. The molecule has 0 saturated carbocycles. The molecule has 2 rings (SSSR count). The van der Waals surface area contributed by atoms with E-state index in [2.05, 4.69) is 19.9 Å². The van der Waals surface area contributed by atoms with Gasteiger partial charge in [-0.1, -0.05) is 0 Å². The molecule has 2 aromatic rings. The first kappa shape index (κ1) is 11.3. The van der Waals surface area contributed by atoms with Crippen LogP contribution in [0.1, 0.15) is 6.92 Å². The molecule has 7 nitrogen and oxygen atoms in total. The molecule has 0 aromatic carbocycles. The van der Waals surface area contributed by atoms with Crippen LogP contribution in [0.25, 0.3) is 11.2 Å². The number of aliphatic imine (C=N–C) groups is 1. The molecule has 2 heterocycles. The lowest BCUT2D eigenvalue weighted by Gasteiger charge is -2.01. The third-order valence-corrected chi connectivity index (χ3v) is 2.22. The van der Waals surface area contributed by atoms with Crippen LogP contribution < -0.4 is 5.56 Å². The highest BCUT2D eigenvalue weighted by atomic mass is 16.1. The number of imidazole rings is 1. The lowest BCUT2D eigenvalue weighted by atomic mass is 10.5. The SMILES string of the molecule is CCn1cnc2nc(/N=C/N(C)C)[nH]c(=O)c21. The first-order valence-corrected chi connectivity index (χ1v) is 5.27. The molecule has 0 aliphatic rings. The lowest BCUT2D eigenvalue weighted by Crippen LogP contribution is -2.12. The molecule has 2 aromatic heterocycles. The fourth-order valence-corrected chi connectivity index (χ4v) is 1.45. The van der Waals surface area contributed by atoms with Crippen molar-refractivity contribution in [2.45, 2.75) is 13.5 Å². The van der Waals surface area contributed by atoms with Gasteiger partial charge in [0.25, 0.3) is 5.56 Å². The van der Waals surface area contributed by atoms with Crippen molar-refractivity contribution in [3.05, 3.63) is 16.7 Å². The van der Waals surface area contributed by atoms with E-state index in [0.717, 1.165) is 0 Å². The maximum absolute atomic E-state index is 11.8. The number of hydrogen-bond donors (Lipinski definition) is 1. The summed E-state index contributed by atoms with van der Waals surface area (Å²) >= 11 is 0. The van der Waals surface area contributed by atoms with E-state index in [1.54, 1.807) is 22.1 Å². The van der Waals surface area contributed by atoms with Gasteiger partial charge in [-0.3, -0.25) is 9.78 Å². The van der Waals surface area contributed by atoms with Crippen molar-refractivity contribution in [2.24, 2.45) is 4.99 Å². The number of fused-ring (bicyclic) bond motifs is 1. The molecule has 1 N–H and O–H groups in total. The van der Waals surface area contributed by atoms with Gasteiger partial charge in [-0.05, 0) is 6.92 Å². The molecule has 0 spiro atoms. The predicted molar refractivity (Wildman–Crippen MR) is 65.7 cm³/mol. The van der Waals surface area contributed by atoms with Gasteiger partial charge in [-0.15, -0.1) is 0 Å². The maximum atomic E-state index is 11.8. The van der Waals surface area contributed by atoms with Crippen LogP contribution in [-0.4, -0.2) is 44.9 Å². The average Bonchev–Trinajstić information content (AvgIpc) is 2.69. The molecule has 0 amide bonds. The van der Waals surface area contributed by atoms with E-state index < -0.39 is 0 Å². The average molecular weight is 234 g/mol. The molecule has 0 bridgehead atoms. The molecule has 0 saturated heterocycles. The fraction of sp³-hybridized carbons (Fsp3) is 0.400. The zero-order chi connectivity index (χ0) is 12.4. The summed E-state index contributed by atoms with van der Waals surface area (Å²) in [5, 5.41) is 0. The minimum Gasteiger partial charge on any atom is -0.369 e. The van der Waals surface area contributed by atoms with Gasteiger partial charge in [0.1, 0.15) is 0 Å².